The van der Waals surface area contributed by atoms with Crippen LogP contribution in [-0.2, 0) is 0 Å². The third-order valence-electron chi connectivity index (χ3n) is 6.92. The van der Waals surface area contributed by atoms with Gasteiger partial charge in [-0.15, -0.1) is 6.58 Å². The van der Waals surface area contributed by atoms with Crippen LogP contribution in [0.1, 0.15) is 110 Å². The van der Waals surface area contributed by atoms with Crippen LogP contribution in [0.3, 0.4) is 0 Å². The fraction of sp³-hybridized carbons (Fsp3) is 0.595. The van der Waals surface area contributed by atoms with Gasteiger partial charge in [-0.2, -0.15) is 0 Å². The number of carbonyl (C=O) groups excluding carboxylic acids is 1. The molecule has 0 spiro atoms. The van der Waals surface area contributed by atoms with Crippen molar-refractivity contribution in [1.29, 1.82) is 0 Å². The number of nitrogens with zero attached hydrogens (tertiary/aromatic N) is 1. The molecule has 2 aromatic rings. The maximum atomic E-state index is 11.7. The van der Waals surface area contributed by atoms with Gasteiger partial charge in [0.15, 0.2) is 17.3 Å². The first-order chi connectivity index (χ1) is 20.8. The predicted octanol–water partition coefficient (Wildman–Crippen LogP) is 9.17. The van der Waals surface area contributed by atoms with Crippen molar-refractivity contribution >= 4 is 5.78 Å². The number of hydrogen-bond donors (Lipinski definition) is 1. The molecule has 1 saturated heterocycles. The molecular formula is C37H61NO5. The number of unbranched alkanes of at least 4 members (excludes halogenated alkanes) is 2. The predicted molar refractivity (Wildman–Crippen MR) is 182 cm³/mol. The zero-order valence-electron chi connectivity index (χ0n) is 28.7. The number of likely N-dealkylation sites (tertiary alicyclic amines) is 1. The molecule has 0 aliphatic carbocycles. The van der Waals surface area contributed by atoms with E-state index in [2.05, 4.69) is 32.3 Å². The Morgan fingerprint density at radius 1 is 1.07 bits per heavy atom. The van der Waals surface area contributed by atoms with E-state index in [0.717, 1.165) is 73.2 Å². The Labute approximate surface area is 263 Å². The quantitative estimate of drug-likeness (QED) is 0.167. The standard InChI is InChI=1S/C17H25NO3.C13H18O2.C3H6.2C2H6/c1-12-5-6-18(10-12)11-13(2)17(19)14-3-4-15-16(9-14)21-8-7-20-15;1-3-4-5-6-13(14)11-7-9-12(15-2)10-8-11;1-3-2;2*1-2/h3-4,9,12-13,17,19H,5-8,10-11H2,1-2H3;7-10H,3-6H2,1-2H3;3H,1H2,2H3;2*1-2H3/t12?,13-,17+;;;;/m1..../s1. The number of allylic oxidation sites excluding steroid dienone is 1. The van der Waals surface area contributed by atoms with Crippen molar-refractivity contribution in [3.63, 3.8) is 0 Å². The van der Waals surface area contributed by atoms with Gasteiger partial charge in [0.25, 0.3) is 0 Å². The summed E-state index contributed by atoms with van der Waals surface area (Å²) in [5, 5.41) is 10.6. The molecule has 6 nitrogen and oxygen atoms in total. The van der Waals surface area contributed by atoms with Crippen molar-refractivity contribution in [2.24, 2.45) is 11.8 Å². The summed E-state index contributed by atoms with van der Waals surface area (Å²) in [6.07, 6.45) is 6.48. The highest BCUT2D eigenvalue weighted by molar-refractivity contribution is 5.96. The average Bonchev–Trinajstić information content (AvgIpc) is 3.47. The summed E-state index contributed by atoms with van der Waals surface area (Å²) in [5.74, 6) is 3.53. The monoisotopic (exact) mass is 599 g/mol. The lowest BCUT2D eigenvalue weighted by molar-refractivity contribution is 0.0929. The molecule has 0 saturated carbocycles. The average molecular weight is 600 g/mol. The van der Waals surface area contributed by atoms with E-state index in [1.807, 2.05) is 77.1 Å². The minimum Gasteiger partial charge on any atom is -0.497 e. The minimum atomic E-state index is -0.461. The lowest BCUT2D eigenvalue weighted by Gasteiger charge is -2.26. The van der Waals surface area contributed by atoms with Crippen molar-refractivity contribution < 1.29 is 24.1 Å². The van der Waals surface area contributed by atoms with Crippen molar-refractivity contribution in [3.05, 3.63) is 66.2 Å². The number of ketones is 1. The van der Waals surface area contributed by atoms with Gasteiger partial charge in [-0.05, 0) is 80.1 Å². The molecular weight excluding hydrogens is 538 g/mol. The van der Waals surface area contributed by atoms with Crippen LogP contribution in [0.25, 0.3) is 0 Å². The maximum Gasteiger partial charge on any atom is 0.162 e. The van der Waals surface area contributed by atoms with Crippen LogP contribution in [-0.4, -0.2) is 55.7 Å². The number of aliphatic hydroxyl groups excluding tert-OH is 1. The molecule has 1 fully saturated rings. The number of benzene rings is 2. The normalized spacial score (nSPS) is 16.2. The van der Waals surface area contributed by atoms with Gasteiger partial charge in [-0.1, -0.05) is 73.5 Å². The van der Waals surface area contributed by atoms with E-state index in [0.29, 0.717) is 19.6 Å². The minimum absolute atomic E-state index is 0.206. The molecule has 2 aromatic carbocycles. The van der Waals surface area contributed by atoms with Crippen molar-refractivity contribution in [2.75, 3.05) is 40.0 Å². The maximum absolute atomic E-state index is 11.7. The topological polar surface area (TPSA) is 68.2 Å². The first kappa shape index (κ1) is 40.2. The van der Waals surface area contributed by atoms with E-state index in [4.69, 9.17) is 14.2 Å². The summed E-state index contributed by atoms with van der Waals surface area (Å²) in [6.45, 7) is 24.2. The Morgan fingerprint density at radius 2 is 1.67 bits per heavy atom. The number of carbonyl (C=O) groups is 1. The third kappa shape index (κ3) is 15.5. The Bertz CT molecular complexity index is 991. The van der Waals surface area contributed by atoms with Gasteiger partial charge in [0, 0.05) is 25.1 Å². The van der Waals surface area contributed by atoms with E-state index in [1.165, 1.54) is 6.42 Å². The molecule has 0 aromatic heterocycles. The zero-order chi connectivity index (χ0) is 32.6. The van der Waals surface area contributed by atoms with Crippen LogP contribution in [0.2, 0.25) is 0 Å². The van der Waals surface area contributed by atoms with Gasteiger partial charge in [0.1, 0.15) is 19.0 Å². The SMILES string of the molecule is C=CC.CC.CC.CC1CCN(C[C@@H](C)[C@H](O)c2ccc3c(c2)OCCO3)C1.CCCCCC(=O)c1ccc(OC)cc1. The third-order valence-corrected chi connectivity index (χ3v) is 6.92. The first-order valence-electron chi connectivity index (χ1n) is 16.4. The summed E-state index contributed by atoms with van der Waals surface area (Å²) >= 11 is 0. The van der Waals surface area contributed by atoms with Gasteiger partial charge >= 0.3 is 0 Å². The summed E-state index contributed by atoms with van der Waals surface area (Å²) in [4.78, 5) is 14.1. The second-order valence-electron chi connectivity index (χ2n) is 10.5. The Balaban J connectivity index is 0.000000706. The number of Topliss-reactive ketones (excluding diaryl/α,β-unsaturated/α-hetero) is 1. The molecule has 244 valence electrons. The van der Waals surface area contributed by atoms with E-state index < -0.39 is 6.10 Å². The van der Waals surface area contributed by atoms with Crippen LogP contribution in [0, 0.1) is 11.8 Å². The molecule has 1 N–H and O–H groups in total. The Kier molecular flexibility index (Phi) is 23.0. The van der Waals surface area contributed by atoms with Crippen LogP contribution in [0.5, 0.6) is 17.2 Å². The van der Waals surface area contributed by atoms with Crippen LogP contribution < -0.4 is 14.2 Å². The smallest absolute Gasteiger partial charge is 0.162 e. The van der Waals surface area contributed by atoms with Gasteiger partial charge in [-0.3, -0.25) is 4.79 Å². The molecule has 3 atom stereocenters. The number of fused-ring (bicyclic) bond motifs is 1. The van der Waals surface area contributed by atoms with Crippen molar-refractivity contribution in [1.82, 2.24) is 4.90 Å². The Morgan fingerprint density at radius 3 is 2.21 bits per heavy atom. The van der Waals surface area contributed by atoms with Crippen LogP contribution in [0.4, 0.5) is 0 Å². The molecule has 1 unspecified atom stereocenters. The van der Waals surface area contributed by atoms with Gasteiger partial charge in [-0.25, -0.2) is 0 Å². The highest BCUT2D eigenvalue weighted by Gasteiger charge is 2.25. The van der Waals surface area contributed by atoms with E-state index in [-0.39, 0.29) is 11.7 Å². The highest BCUT2D eigenvalue weighted by atomic mass is 16.6. The number of hydrogen-bond acceptors (Lipinski definition) is 6. The molecule has 6 heteroatoms. The summed E-state index contributed by atoms with van der Waals surface area (Å²) in [6, 6.07) is 13.1. The number of ether oxygens (including phenoxy) is 3. The van der Waals surface area contributed by atoms with Gasteiger partial charge < -0.3 is 24.2 Å². The van der Waals surface area contributed by atoms with Crippen molar-refractivity contribution in [3.8, 4) is 17.2 Å². The van der Waals surface area contributed by atoms with E-state index >= 15 is 0 Å². The fourth-order valence-corrected chi connectivity index (χ4v) is 4.73. The summed E-state index contributed by atoms with van der Waals surface area (Å²) in [5.41, 5.74) is 1.70. The number of aliphatic hydroxyl groups is 1. The first-order valence-corrected chi connectivity index (χ1v) is 16.4. The molecule has 0 bridgehead atoms. The molecule has 4 rings (SSSR count). The zero-order valence-corrected chi connectivity index (χ0v) is 28.7. The second kappa shape index (κ2) is 24.6. The largest absolute Gasteiger partial charge is 0.497 e. The lowest BCUT2D eigenvalue weighted by Crippen LogP contribution is -2.29. The molecule has 2 aliphatic rings. The molecule has 0 amide bonds. The lowest BCUT2D eigenvalue weighted by atomic mass is 9.96. The number of methoxy groups -OCH3 is 1. The summed E-state index contributed by atoms with van der Waals surface area (Å²) in [7, 11) is 1.62. The van der Waals surface area contributed by atoms with Crippen LogP contribution >= 0.6 is 0 Å². The van der Waals surface area contributed by atoms with Crippen molar-refractivity contribution in [2.45, 2.75) is 93.6 Å². The molecule has 2 aliphatic heterocycles. The molecule has 43 heavy (non-hydrogen) atoms. The highest BCUT2D eigenvalue weighted by Crippen LogP contribution is 2.34. The molecule has 2 heterocycles. The Hall–Kier alpha value is -2.83. The molecule has 0 radical (unpaired) electrons. The van der Waals surface area contributed by atoms with Gasteiger partial charge in [0.05, 0.1) is 13.2 Å². The van der Waals surface area contributed by atoms with Gasteiger partial charge in [0.2, 0.25) is 0 Å². The number of rotatable bonds is 10. The van der Waals surface area contributed by atoms with E-state index in [9.17, 15) is 9.90 Å². The van der Waals surface area contributed by atoms with E-state index in [1.54, 1.807) is 13.2 Å². The fourth-order valence-electron chi connectivity index (χ4n) is 4.73. The van der Waals surface area contributed by atoms with Crippen LogP contribution in [0.15, 0.2) is 55.1 Å². The second-order valence-corrected chi connectivity index (χ2v) is 10.5. The summed E-state index contributed by atoms with van der Waals surface area (Å²) < 4.78 is 16.2.